The van der Waals surface area contributed by atoms with Crippen molar-refractivity contribution in [3.8, 4) is 0 Å². The van der Waals surface area contributed by atoms with Gasteiger partial charge in [-0.2, -0.15) is 0 Å². The van der Waals surface area contributed by atoms with Crippen LogP contribution in [0.1, 0.15) is 23.6 Å². The van der Waals surface area contributed by atoms with Gasteiger partial charge in [0.15, 0.2) is 0 Å². The molecule has 1 aromatic rings. The maximum absolute atomic E-state index is 2.32. The number of hydrogen-bond acceptors (Lipinski definition) is 1. The summed E-state index contributed by atoms with van der Waals surface area (Å²) in [5.74, 6) is 0. The molecule has 0 unspecified atom stereocenters. The molecule has 0 N–H and O–H groups in total. The molecule has 0 aliphatic rings. The van der Waals surface area contributed by atoms with Gasteiger partial charge in [-0.1, -0.05) is 30.7 Å². The first kappa shape index (κ1) is 10.3. The van der Waals surface area contributed by atoms with Gasteiger partial charge in [-0.3, -0.25) is 0 Å². The molecule has 0 radical (unpaired) electrons. The minimum Gasteiger partial charge on any atom is -0.302 e. The van der Waals surface area contributed by atoms with Gasteiger partial charge >= 0.3 is 0 Å². The molecule has 0 fully saturated rings. The Labute approximate surface area is 81.4 Å². The zero-order valence-corrected chi connectivity index (χ0v) is 9.09. The maximum Gasteiger partial charge on any atom is 0.0233 e. The largest absolute Gasteiger partial charge is 0.302 e. The molecule has 0 heterocycles. The van der Waals surface area contributed by atoms with E-state index >= 15 is 0 Å². The van der Waals surface area contributed by atoms with Gasteiger partial charge in [0, 0.05) is 6.54 Å². The van der Waals surface area contributed by atoms with Crippen molar-refractivity contribution in [1.29, 1.82) is 0 Å². The monoisotopic (exact) mass is 177 g/mol. The summed E-state index contributed by atoms with van der Waals surface area (Å²) in [6, 6.07) is 6.65. The van der Waals surface area contributed by atoms with E-state index in [1.54, 1.807) is 0 Å². The summed E-state index contributed by atoms with van der Waals surface area (Å²) in [6.45, 7) is 8.68. The van der Waals surface area contributed by atoms with Crippen LogP contribution in [0.5, 0.6) is 0 Å². The molecular formula is C12H19N. The summed E-state index contributed by atoms with van der Waals surface area (Å²) in [7, 11) is 2.15. The molecule has 0 aliphatic carbocycles. The Hall–Kier alpha value is -0.820. The fourth-order valence-electron chi connectivity index (χ4n) is 1.37. The van der Waals surface area contributed by atoms with Crippen molar-refractivity contribution in [2.45, 2.75) is 27.3 Å². The van der Waals surface area contributed by atoms with Crippen LogP contribution in [-0.4, -0.2) is 18.5 Å². The van der Waals surface area contributed by atoms with E-state index in [-0.39, 0.29) is 0 Å². The second kappa shape index (κ2) is 4.43. The Kier molecular flexibility index (Phi) is 3.49. The van der Waals surface area contributed by atoms with Crippen molar-refractivity contribution < 1.29 is 0 Å². The van der Waals surface area contributed by atoms with Crippen LogP contribution in [0.2, 0.25) is 0 Å². The summed E-state index contributed by atoms with van der Waals surface area (Å²) in [4.78, 5) is 2.32. The predicted molar refractivity (Wildman–Crippen MR) is 57.9 cm³/mol. The lowest BCUT2D eigenvalue weighted by Gasteiger charge is -2.15. The summed E-state index contributed by atoms with van der Waals surface area (Å²) in [5.41, 5.74) is 4.19. The first-order chi connectivity index (χ1) is 6.13. The number of aryl methyl sites for hydroxylation is 2. The first-order valence-electron chi connectivity index (χ1n) is 4.88. The van der Waals surface area contributed by atoms with Gasteiger partial charge in [-0.05, 0) is 38.6 Å². The van der Waals surface area contributed by atoms with Gasteiger partial charge in [0.05, 0.1) is 0 Å². The van der Waals surface area contributed by atoms with Gasteiger partial charge in [-0.25, -0.2) is 0 Å². The normalized spacial score (nSPS) is 10.8. The molecule has 1 nitrogen and oxygen atoms in total. The van der Waals surface area contributed by atoms with Crippen LogP contribution >= 0.6 is 0 Å². The van der Waals surface area contributed by atoms with Gasteiger partial charge in [0.25, 0.3) is 0 Å². The Morgan fingerprint density at radius 2 is 1.92 bits per heavy atom. The number of benzene rings is 1. The van der Waals surface area contributed by atoms with E-state index in [9.17, 15) is 0 Å². The van der Waals surface area contributed by atoms with Crippen LogP contribution < -0.4 is 0 Å². The Morgan fingerprint density at radius 3 is 2.54 bits per heavy atom. The van der Waals surface area contributed by atoms with Crippen molar-refractivity contribution >= 4 is 0 Å². The van der Waals surface area contributed by atoms with E-state index < -0.39 is 0 Å². The third-order valence-corrected chi connectivity index (χ3v) is 2.48. The van der Waals surface area contributed by atoms with Crippen molar-refractivity contribution in [3.63, 3.8) is 0 Å². The van der Waals surface area contributed by atoms with E-state index in [2.05, 4.69) is 50.9 Å². The topological polar surface area (TPSA) is 3.24 Å². The van der Waals surface area contributed by atoms with Crippen LogP contribution in [0.4, 0.5) is 0 Å². The minimum absolute atomic E-state index is 1.06. The summed E-state index contributed by atoms with van der Waals surface area (Å²) in [5, 5.41) is 0. The van der Waals surface area contributed by atoms with Crippen LogP contribution in [0.25, 0.3) is 0 Å². The lowest BCUT2D eigenvalue weighted by atomic mass is 10.1. The molecular weight excluding hydrogens is 158 g/mol. The fraction of sp³-hybridized carbons (Fsp3) is 0.500. The predicted octanol–water partition coefficient (Wildman–Crippen LogP) is 2.76. The molecule has 0 aromatic heterocycles. The molecule has 72 valence electrons. The van der Waals surface area contributed by atoms with Gasteiger partial charge in [0.2, 0.25) is 0 Å². The fourth-order valence-corrected chi connectivity index (χ4v) is 1.37. The molecule has 0 saturated carbocycles. The molecule has 0 atom stereocenters. The molecule has 13 heavy (non-hydrogen) atoms. The van der Waals surface area contributed by atoms with Crippen LogP contribution in [-0.2, 0) is 6.54 Å². The summed E-state index contributed by atoms with van der Waals surface area (Å²) >= 11 is 0. The molecule has 0 aliphatic heterocycles. The van der Waals surface area contributed by atoms with Crippen molar-refractivity contribution in [1.82, 2.24) is 4.90 Å². The first-order valence-corrected chi connectivity index (χ1v) is 4.88. The molecule has 0 amide bonds. The van der Waals surface area contributed by atoms with Crippen LogP contribution in [0, 0.1) is 13.8 Å². The van der Waals surface area contributed by atoms with Crippen LogP contribution in [0.15, 0.2) is 18.2 Å². The van der Waals surface area contributed by atoms with Gasteiger partial charge in [-0.15, -0.1) is 0 Å². The van der Waals surface area contributed by atoms with E-state index in [0.717, 1.165) is 13.1 Å². The molecule has 1 heteroatoms. The van der Waals surface area contributed by atoms with Crippen molar-refractivity contribution in [2.75, 3.05) is 13.6 Å². The summed E-state index contributed by atoms with van der Waals surface area (Å²) in [6.07, 6.45) is 0. The average molecular weight is 177 g/mol. The third kappa shape index (κ3) is 2.85. The van der Waals surface area contributed by atoms with Crippen molar-refractivity contribution in [3.05, 3.63) is 34.9 Å². The quantitative estimate of drug-likeness (QED) is 0.686. The minimum atomic E-state index is 1.06. The van der Waals surface area contributed by atoms with E-state index in [0.29, 0.717) is 0 Å². The maximum atomic E-state index is 2.32. The summed E-state index contributed by atoms with van der Waals surface area (Å²) < 4.78 is 0. The lowest BCUT2D eigenvalue weighted by molar-refractivity contribution is 0.345. The number of nitrogens with zero attached hydrogens (tertiary/aromatic N) is 1. The zero-order valence-electron chi connectivity index (χ0n) is 9.09. The zero-order chi connectivity index (χ0) is 9.84. The Morgan fingerprint density at radius 1 is 1.23 bits per heavy atom. The Bertz CT molecular complexity index is 278. The average Bonchev–Trinajstić information content (AvgIpc) is 2.11. The second-order valence-corrected chi connectivity index (χ2v) is 3.76. The number of rotatable bonds is 3. The molecule has 1 aromatic carbocycles. The highest BCUT2D eigenvalue weighted by molar-refractivity contribution is 5.30. The van der Waals surface area contributed by atoms with E-state index in [4.69, 9.17) is 0 Å². The SMILES string of the molecule is CCN(C)Cc1cc(C)ccc1C. The van der Waals surface area contributed by atoms with E-state index in [1.807, 2.05) is 0 Å². The lowest BCUT2D eigenvalue weighted by Crippen LogP contribution is -2.17. The highest BCUT2D eigenvalue weighted by Gasteiger charge is 2.01. The second-order valence-electron chi connectivity index (χ2n) is 3.76. The van der Waals surface area contributed by atoms with E-state index in [1.165, 1.54) is 16.7 Å². The highest BCUT2D eigenvalue weighted by Crippen LogP contribution is 2.12. The molecule has 0 bridgehead atoms. The van der Waals surface area contributed by atoms with Gasteiger partial charge in [0.1, 0.15) is 0 Å². The molecule has 0 saturated heterocycles. The molecule has 0 spiro atoms. The van der Waals surface area contributed by atoms with Crippen molar-refractivity contribution in [2.24, 2.45) is 0 Å². The molecule has 1 rings (SSSR count). The standard InChI is InChI=1S/C12H19N/c1-5-13(4)9-12-8-10(2)6-7-11(12)3/h6-8H,5,9H2,1-4H3. The smallest absolute Gasteiger partial charge is 0.0233 e. The number of hydrogen-bond donors (Lipinski definition) is 0. The highest BCUT2D eigenvalue weighted by atomic mass is 15.1. The van der Waals surface area contributed by atoms with Gasteiger partial charge < -0.3 is 4.90 Å². The van der Waals surface area contributed by atoms with Crippen LogP contribution in [0.3, 0.4) is 0 Å². The Balaban J connectivity index is 2.81. The third-order valence-electron chi connectivity index (χ3n) is 2.48.